The first kappa shape index (κ1) is 32.0. The molecule has 4 heterocycles. The molecule has 4 aromatic heterocycles. The van der Waals surface area contributed by atoms with Crippen LogP contribution in [0.2, 0.25) is 0 Å². The van der Waals surface area contributed by atoms with E-state index in [0.717, 1.165) is 37.3 Å². The zero-order valence-electron chi connectivity index (χ0n) is 36.2. The molecule has 8 aromatic rings. The molecule has 0 bridgehead atoms. The normalized spacial score (nSPS) is 13.7. The predicted molar refractivity (Wildman–Crippen MR) is 219 cm³/mol. The number of benzene rings is 4. The molecular weight excluding hydrogens is 847 g/mol. The maximum absolute atomic E-state index is 8.84. The van der Waals surface area contributed by atoms with Crippen LogP contribution in [0.15, 0.2) is 102 Å². The molecule has 4 nitrogen and oxygen atoms in total. The van der Waals surface area contributed by atoms with Crippen molar-refractivity contribution in [2.75, 3.05) is 0 Å². The summed E-state index contributed by atoms with van der Waals surface area (Å²) in [6.07, 6.45) is 1.28. The van der Waals surface area contributed by atoms with E-state index in [1.807, 2.05) is 30.5 Å². The second-order valence-corrected chi connectivity index (χ2v) is 16.3. The Morgan fingerprint density at radius 1 is 0.811 bits per heavy atom. The molecule has 0 saturated carbocycles. The van der Waals surface area contributed by atoms with Gasteiger partial charge in [0.1, 0.15) is 11.1 Å². The van der Waals surface area contributed by atoms with Gasteiger partial charge in [-0.2, -0.15) is 0 Å². The van der Waals surface area contributed by atoms with Gasteiger partial charge in [0.15, 0.2) is 0 Å². The fraction of sp³-hybridized carbons (Fsp3) is 0.255. The number of hydrogen-bond acceptors (Lipinski definition) is 5. The summed E-state index contributed by atoms with van der Waals surface area (Å²) in [5.41, 5.74) is 8.95. The Kier molecular flexibility index (Phi) is 9.12. The Morgan fingerprint density at radius 3 is 2.25 bits per heavy atom. The summed E-state index contributed by atoms with van der Waals surface area (Å²) in [4.78, 5) is 13.9. The van der Waals surface area contributed by atoms with Gasteiger partial charge in [-0.3, -0.25) is 0 Å². The minimum atomic E-state index is -2.50. The number of thiazole rings is 1. The van der Waals surface area contributed by atoms with Gasteiger partial charge in [-0.25, -0.2) is 4.98 Å². The third kappa shape index (κ3) is 8.21. The van der Waals surface area contributed by atoms with Crippen molar-refractivity contribution in [2.45, 2.75) is 74.0 Å². The minimum absolute atomic E-state index is 0. The average molecular weight is 897 g/mol. The van der Waals surface area contributed by atoms with E-state index < -0.39 is 18.6 Å². The fourth-order valence-corrected chi connectivity index (χ4v) is 7.08. The van der Waals surface area contributed by atoms with Gasteiger partial charge in [0.05, 0.1) is 15.3 Å². The van der Waals surface area contributed by atoms with Gasteiger partial charge in [-0.05, 0) is 65.3 Å². The summed E-state index contributed by atoms with van der Waals surface area (Å²) in [5, 5.41) is 2.82. The number of rotatable bonds is 4. The number of hydrogen-bond donors (Lipinski definition) is 0. The standard InChI is InChI=1S/C28H29N2OS.C19H16N.Ir/c1-16-15-29-21(13-17(16)14-27(2,3)4)20-10-8-9-18-19-11-12-22-23(25(19)31-24(18)20)30-26(32-22)28(5,6)7;1-14-8-10-17(11-9-14)19-12-18(15(2)13-20-19)16-6-4-3-5-7-16;/h8-9,11-13,15H,14H2,1-7H3;3-10,12-13H,1-2H3;/q2*-1;/i1D3,14D2;;. The molecule has 4 aromatic carbocycles. The molecule has 0 N–H and O–H groups in total. The maximum Gasteiger partial charge on any atom is 0.148 e. The van der Waals surface area contributed by atoms with Crippen molar-refractivity contribution in [3.63, 3.8) is 0 Å². The second-order valence-electron chi connectivity index (χ2n) is 15.3. The van der Waals surface area contributed by atoms with E-state index in [4.69, 9.17) is 16.3 Å². The average Bonchev–Trinajstić information content (AvgIpc) is 3.78. The van der Waals surface area contributed by atoms with Crippen LogP contribution in [-0.2, 0) is 31.9 Å². The Balaban J connectivity index is 0.000000228. The SMILES string of the molecule is Cc1c[c-]c(-c2cc(-c3ccccc3)c(C)cn2)cc1.[2H]C([2H])([2H])c1cnc(-c2[c-]ccc3c2oc2c3ccc3sc(C(C)(C)C)nc32)cc1C([2H])([2H])C(C)(C)C.[Ir]. The van der Waals surface area contributed by atoms with Gasteiger partial charge in [0.2, 0.25) is 0 Å². The van der Waals surface area contributed by atoms with Crippen molar-refractivity contribution < 1.29 is 31.4 Å². The van der Waals surface area contributed by atoms with Gasteiger partial charge in [-0.1, -0.05) is 114 Å². The quantitative estimate of drug-likeness (QED) is 0.165. The summed E-state index contributed by atoms with van der Waals surface area (Å²) in [7, 11) is 0. The summed E-state index contributed by atoms with van der Waals surface area (Å²) in [5.74, 6) is 0. The van der Waals surface area contributed by atoms with Crippen LogP contribution < -0.4 is 0 Å². The van der Waals surface area contributed by atoms with Crippen LogP contribution in [0.5, 0.6) is 0 Å². The molecule has 0 aliphatic heterocycles. The van der Waals surface area contributed by atoms with Gasteiger partial charge in [0, 0.05) is 50.2 Å². The molecule has 0 fully saturated rings. The number of pyridine rings is 2. The minimum Gasteiger partial charge on any atom is -0.498 e. The zero-order valence-corrected chi connectivity index (χ0v) is 34.4. The molecule has 0 aliphatic rings. The van der Waals surface area contributed by atoms with E-state index >= 15 is 0 Å². The number of nitrogens with zero attached hydrogens (tertiary/aromatic N) is 3. The van der Waals surface area contributed by atoms with Crippen molar-refractivity contribution in [1.82, 2.24) is 15.0 Å². The second kappa shape index (κ2) is 15.1. The third-order valence-corrected chi connectivity index (χ3v) is 10.1. The first-order chi connectivity index (χ1) is 26.7. The molecule has 0 unspecified atom stereocenters. The third-order valence-electron chi connectivity index (χ3n) is 8.70. The van der Waals surface area contributed by atoms with Crippen molar-refractivity contribution >= 4 is 43.5 Å². The molecule has 271 valence electrons. The predicted octanol–water partition coefficient (Wildman–Crippen LogP) is 13.1. The van der Waals surface area contributed by atoms with E-state index in [0.29, 0.717) is 22.4 Å². The smallest absolute Gasteiger partial charge is 0.148 e. The molecule has 0 aliphatic carbocycles. The summed E-state index contributed by atoms with van der Waals surface area (Å²) < 4.78 is 49.1. The van der Waals surface area contributed by atoms with Crippen LogP contribution in [0.25, 0.3) is 65.8 Å². The van der Waals surface area contributed by atoms with Gasteiger partial charge in [-0.15, -0.1) is 64.9 Å². The maximum atomic E-state index is 8.84. The Hall–Kier alpha value is -4.48. The molecule has 0 saturated heterocycles. The van der Waals surface area contributed by atoms with Crippen LogP contribution in [0.4, 0.5) is 0 Å². The molecule has 53 heavy (non-hydrogen) atoms. The Bertz CT molecular complexity index is 2740. The van der Waals surface area contributed by atoms with E-state index in [1.54, 1.807) is 44.2 Å². The number of aromatic nitrogens is 3. The fourth-order valence-electron chi connectivity index (χ4n) is 6.06. The first-order valence-electron chi connectivity index (χ1n) is 19.9. The van der Waals surface area contributed by atoms with E-state index in [9.17, 15) is 0 Å². The van der Waals surface area contributed by atoms with Crippen LogP contribution in [0.3, 0.4) is 0 Å². The zero-order chi connectivity index (χ0) is 41.1. The summed E-state index contributed by atoms with van der Waals surface area (Å²) in [6.45, 7) is 13.3. The van der Waals surface area contributed by atoms with Gasteiger partial charge >= 0.3 is 0 Å². The molecule has 0 spiro atoms. The molecular formula is C47H45IrN3OS-2. The van der Waals surface area contributed by atoms with Crippen LogP contribution in [0.1, 0.15) is 75.7 Å². The monoisotopic (exact) mass is 897 g/mol. The summed E-state index contributed by atoms with van der Waals surface area (Å²) >= 11 is 1.65. The Morgan fingerprint density at radius 2 is 1.55 bits per heavy atom. The molecule has 0 amide bonds. The number of furan rings is 1. The molecule has 6 heteroatoms. The number of fused-ring (bicyclic) bond motifs is 5. The van der Waals surface area contributed by atoms with E-state index in [2.05, 4.69) is 105 Å². The van der Waals surface area contributed by atoms with Gasteiger partial charge in [0.25, 0.3) is 0 Å². The summed E-state index contributed by atoms with van der Waals surface area (Å²) in [6, 6.07) is 34.6. The number of aryl methyl sites for hydroxylation is 3. The van der Waals surface area contributed by atoms with E-state index in [-0.39, 0.29) is 36.6 Å². The first-order valence-corrected chi connectivity index (χ1v) is 18.2. The van der Waals surface area contributed by atoms with Crippen LogP contribution in [0, 0.1) is 38.2 Å². The van der Waals surface area contributed by atoms with Gasteiger partial charge < -0.3 is 14.4 Å². The van der Waals surface area contributed by atoms with Crippen LogP contribution >= 0.6 is 11.3 Å². The van der Waals surface area contributed by atoms with Crippen LogP contribution in [-0.4, -0.2) is 15.0 Å². The molecule has 8 rings (SSSR count). The molecule has 1 radical (unpaired) electrons. The van der Waals surface area contributed by atoms with Crippen molar-refractivity contribution in [3.05, 3.63) is 137 Å². The van der Waals surface area contributed by atoms with Crippen molar-refractivity contribution in [2.24, 2.45) is 5.41 Å². The topological polar surface area (TPSA) is 51.8 Å². The largest absolute Gasteiger partial charge is 0.498 e. The molecule has 0 atom stereocenters. The van der Waals surface area contributed by atoms with Crippen molar-refractivity contribution in [1.29, 1.82) is 0 Å². The van der Waals surface area contributed by atoms with E-state index in [1.165, 1.54) is 28.5 Å². The van der Waals surface area contributed by atoms with Crippen molar-refractivity contribution in [3.8, 4) is 33.6 Å². The Labute approximate surface area is 338 Å².